The largest absolute Gasteiger partial charge is 0.731 e. The number of thiazole rings is 1. The van der Waals surface area contributed by atoms with E-state index in [1.54, 1.807) is 18.3 Å². The first-order chi connectivity index (χ1) is 18.4. The van der Waals surface area contributed by atoms with E-state index in [1.165, 1.54) is 23.5 Å². The molecule has 0 unspecified atom stereocenters. The molecular weight excluding hydrogens is 538 g/mol. The molecule has 0 fully saturated rings. The molecule has 39 heavy (non-hydrogen) atoms. The normalized spacial score (nSPS) is 11.9. The van der Waals surface area contributed by atoms with E-state index in [9.17, 15) is 18.1 Å². The maximum atomic E-state index is 11.0. The van der Waals surface area contributed by atoms with Gasteiger partial charge in [0.25, 0.3) is 6.01 Å². The van der Waals surface area contributed by atoms with Gasteiger partial charge < -0.3 is 25.5 Å². The standard InChI is InChI=1S/C27H24N4O5S2.H3N/c32-16-19-5-4-8-21(13-19)25-15-28-27(36-25)30-23(14-18-9-11-22(12-10-18)31-38(33,34)35)24-17-37-26(29-24)20-6-2-1-3-7-20;/h1-13,15,17,23,31-32H,14,16H2,(H,28,30)(H,33,34,35);1H3/t23-;/m0./s1. The van der Waals surface area contributed by atoms with E-state index >= 15 is 0 Å². The van der Waals surface area contributed by atoms with Crippen molar-refractivity contribution in [3.8, 4) is 21.9 Å². The van der Waals surface area contributed by atoms with Crippen LogP contribution in [0.3, 0.4) is 0 Å². The minimum atomic E-state index is -4.60. The maximum absolute atomic E-state index is 11.0. The molecule has 5 rings (SSSR count). The minimum absolute atomic E-state index is 0. The van der Waals surface area contributed by atoms with Crippen LogP contribution in [-0.4, -0.2) is 28.0 Å². The van der Waals surface area contributed by atoms with Crippen molar-refractivity contribution in [2.24, 2.45) is 0 Å². The molecule has 0 aliphatic carbocycles. The number of aromatic nitrogens is 2. The van der Waals surface area contributed by atoms with Crippen LogP contribution in [0.2, 0.25) is 0 Å². The molecule has 2 heterocycles. The molecular formula is C27H27N5O5S2. The van der Waals surface area contributed by atoms with E-state index in [0.717, 1.165) is 33.0 Å². The van der Waals surface area contributed by atoms with Crippen molar-refractivity contribution in [1.29, 1.82) is 0 Å². The highest BCUT2D eigenvalue weighted by Crippen LogP contribution is 2.31. The zero-order chi connectivity index (χ0) is 26.5. The molecule has 1 atom stereocenters. The Morgan fingerprint density at radius 1 is 0.974 bits per heavy atom. The van der Waals surface area contributed by atoms with Gasteiger partial charge in [-0.15, -0.1) is 11.3 Å². The summed E-state index contributed by atoms with van der Waals surface area (Å²) in [5.41, 5.74) is 4.44. The van der Waals surface area contributed by atoms with Gasteiger partial charge in [0.15, 0.2) is 16.1 Å². The number of anilines is 2. The maximum Gasteiger partial charge on any atom is 0.295 e. The average Bonchev–Trinajstić information content (AvgIpc) is 3.60. The first-order valence-corrected chi connectivity index (χ1v) is 13.9. The van der Waals surface area contributed by atoms with Gasteiger partial charge in [-0.05, 0) is 35.7 Å². The Bertz CT molecular complexity index is 1620. The van der Waals surface area contributed by atoms with Crippen molar-refractivity contribution in [2.45, 2.75) is 19.1 Å². The lowest BCUT2D eigenvalue weighted by Gasteiger charge is -2.17. The van der Waals surface area contributed by atoms with Gasteiger partial charge in [0, 0.05) is 22.2 Å². The molecule has 0 radical (unpaired) electrons. The number of aliphatic hydroxyl groups is 1. The van der Waals surface area contributed by atoms with E-state index < -0.39 is 10.3 Å². The van der Waals surface area contributed by atoms with Gasteiger partial charge >= 0.3 is 0 Å². The van der Waals surface area contributed by atoms with Crippen molar-refractivity contribution in [2.75, 3.05) is 10.0 Å². The molecule has 0 amide bonds. The quantitative estimate of drug-likeness (QED) is 0.158. The zero-order valence-electron chi connectivity index (χ0n) is 20.9. The van der Waals surface area contributed by atoms with Crippen molar-refractivity contribution in [3.63, 3.8) is 0 Å². The molecule has 0 spiro atoms. The fourth-order valence-electron chi connectivity index (χ4n) is 3.92. The van der Waals surface area contributed by atoms with Gasteiger partial charge in [-0.25, -0.2) is 18.4 Å². The van der Waals surface area contributed by atoms with E-state index in [-0.39, 0.29) is 24.5 Å². The molecule has 0 aliphatic rings. The second kappa shape index (κ2) is 12.2. The molecule has 7 N–H and O–H groups in total. The Morgan fingerprint density at radius 3 is 2.44 bits per heavy atom. The molecule has 3 aromatic carbocycles. The van der Waals surface area contributed by atoms with Gasteiger partial charge in [0.2, 0.25) is 0 Å². The Hall–Kier alpha value is -4.07. The van der Waals surface area contributed by atoms with Gasteiger partial charge in [0.1, 0.15) is 5.01 Å². The van der Waals surface area contributed by atoms with Crippen LogP contribution in [-0.2, 0) is 23.3 Å². The topological polar surface area (TPSA) is 177 Å². The summed E-state index contributed by atoms with van der Waals surface area (Å²) in [4.78, 5) is 9.25. The number of aliphatic hydroxyl groups excluding tert-OH is 1. The lowest BCUT2D eigenvalue weighted by Crippen LogP contribution is -2.15. The lowest BCUT2D eigenvalue weighted by molar-refractivity contribution is 0.282. The van der Waals surface area contributed by atoms with E-state index in [2.05, 4.69) is 10.3 Å². The van der Waals surface area contributed by atoms with Gasteiger partial charge in [-0.3, -0.25) is 4.72 Å². The SMILES string of the molecule is O=S(=O)([O-])Nc1ccc(C[C@H](Nc2ncc(-c3cccc(CO)c3)o2)c2csc(-c3ccccc3)n2)cc1.[NH4+]. The molecule has 0 aliphatic heterocycles. The molecule has 5 aromatic rings. The van der Waals surface area contributed by atoms with Crippen molar-refractivity contribution >= 4 is 33.3 Å². The average molecular weight is 566 g/mol. The molecule has 0 bridgehead atoms. The minimum Gasteiger partial charge on any atom is -0.731 e. The molecule has 12 heteroatoms. The van der Waals surface area contributed by atoms with Crippen molar-refractivity contribution in [3.05, 3.63) is 107 Å². The van der Waals surface area contributed by atoms with Crippen LogP contribution in [0, 0.1) is 0 Å². The fourth-order valence-corrected chi connectivity index (χ4v) is 5.23. The first-order valence-electron chi connectivity index (χ1n) is 11.6. The van der Waals surface area contributed by atoms with E-state index in [4.69, 9.17) is 9.40 Å². The van der Waals surface area contributed by atoms with Crippen LogP contribution in [0.1, 0.15) is 22.9 Å². The smallest absolute Gasteiger partial charge is 0.295 e. The third-order valence-corrected chi connectivity index (χ3v) is 7.13. The number of nitrogens with one attached hydrogen (secondary N) is 2. The summed E-state index contributed by atoms with van der Waals surface area (Å²) in [7, 11) is -4.60. The number of benzene rings is 3. The summed E-state index contributed by atoms with van der Waals surface area (Å²) in [5.74, 6) is 0.555. The van der Waals surface area contributed by atoms with Crippen LogP contribution < -0.4 is 16.2 Å². The number of hydrogen-bond acceptors (Lipinski definition) is 9. The summed E-state index contributed by atoms with van der Waals surface area (Å²) in [6.45, 7) is -0.0716. The second-order valence-corrected chi connectivity index (χ2v) is 10.5. The highest BCUT2D eigenvalue weighted by molar-refractivity contribution is 7.87. The number of rotatable bonds is 10. The van der Waals surface area contributed by atoms with Gasteiger partial charge in [0.05, 0.1) is 24.5 Å². The lowest BCUT2D eigenvalue weighted by atomic mass is 10.0. The molecule has 0 saturated heterocycles. The van der Waals surface area contributed by atoms with Crippen molar-refractivity contribution in [1.82, 2.24) is 16.1 Å². The van der Waals surface area contributed by atoms with E-state index in [1.807, 2.05) is 64.7 Å². The Balaban J connectivity index is 0.00000353. The fraction of sp³-hybridized carbons (Fsp3) is 0.111. The molecule has 0 saturated carbocycles. The van der Waals surface area contributed by atoms with Crippen LogP contribution in [0.5, 0.6) is 0 Å². The Labute approximate surface area is 229 Å². The summed E-state index contributed by atoms with van der Waals surface area (Å²) in [6.07, 6.45) is 2.11. The number of hydrogen-bond donors (Lipinski definition) is 4. The first kappa shape index (κ1) is 28.0. The molecule has 202 valence electrons. The predicted octanol–water partition coefficient (Wildman–Crippen LogP) is 5.60. The molecule has 2 aromatic heterocycles. The number of oxazole rings is 1. The third-order valence-electron chi connectivity index (χ3n) is 5.73. The van der Waals surface area contributed by atoms with Crippen LogP contribution in [0.25, 0.3) is 21.9 Å². The summed E-state index contributed by atoms with van der Waals surface area (Å²) in [5, 5.41) is 15.6. The monoisotopic (exact) mass is 565 g/mol. The van der Waals surface area contributed by atoms with Crippen LogP contribution in [0.4, 0.5) is 11.7 Å². The van der Waals surface area contributed by atoms with E-state index in [0.29, 0.717) is 18.2 Å². The third kappa shape index (κ3) is 7.28. The van der Waals surface area contributed by atoms with Gasteiger partial charge in [-0.2, -0.15) is 0 Å². The van der Waals surface area contributed by atoms with Crippen molar-refractivity contribution < 1.29 is 22.5 Å². The highest BCUT2D eigenvalue weighted by atomic mass is 32.2. The Kier molecular flexibility index (Phi) is 8.74. The number of quaternary nitrogens is 1. The number of nitrogens with zero attached hydrogens (tertiary/aromatic N) is 2. The summed E-state index contributed by atoms with van der Waals surface area (Å²) in [6, 6.07) is 23.8. The Morgan fingerprint density at radius 2 is 1.72 bits per heavy atom. The zero-order valence-corrected chi connectivity index (χ0v) is 22.6. The predicted molar refractivity (Wildman–Crippen MR) is 151 cm³/mol. The summed E-state index contributed by atoms with van der Waals surface area (Å²) >= 11 is 1.53. The second-order valence-electron chi connectivity index (χ2n) is 8.49. The highest BCUT2D eigenvalue weighted by Gasteiger charge is 2.19. The van der Waals surface area contributed by atoms with Gasteiger partial charge in [-0.1, -0.05) is 60.7 Å². The van der Waals surface area contributed by atoms with Crippen LogP contribution >= 0.6 is 11.3 Å². The summed E-state index contributed by atoms with van der Waals surface area (Å²) < 4.78 is 40.9. The van der Waals surface area contributed by atoms with Crippen LogP contribution in [0.15, 0.2) is 94.9 Å². The molecule has 10 nitrogen and oxygen atoms in total.